The van der Waals surface area contributed by atoms with Crippen LogP contribution in [0.1, 0.15) is 40.0 Å². The van der Waals surface area contributed by atoms with Crippen LogP contribution >= 0.6 is 34.7 Å². The number of esters is 1. The van der Waals surface area contributed by atoms with Crippen molar-refractivity contribution in [1.82, 2.24) is 14.8 Å². The first kappa shape index (κ1) is 26.2. The third-order valence-electron chi connectivity index (χ3n) is 6.33. The average molecular weight is 565 g/mol. The molecule has 38 heavy (non-hydrogen) atoms. The Morgan fingerprint density at radius 2 is 1.95 bits per heavy atom. The predicted molar refractivity (Wildman–Crippen MR) is 152 cm³/mol. The topological polar surface area (TPSA) is 86.1 Å². The van der Waals surface area contributed by atoms with E-state index in [1.807, 2.05) is 34.2 Å². The molecule has 1 fully saturated rings. The number of benzene rings is 2. The van der Waals surface area contributed by atoms with E-state index in [4.69, 9.17) is 16.3 Å². The summed E-state index contributed by atoms with van der Waals surface area (Å²) in [6.07, 6.45) is 2.83. The highest BCUT2D eigenvalue weighted by atomic mass is 35.5. The standard InChI is InChI=1S/C28H25ClN4O3S2/c1-3-13-33-25(21-14-20(21)17-7-5-4-6-8-17)31-32-28(33)38-16-23(34)30-26-24(27(35)36-2)22(15-37-26)18-9-11-19(29)12-10-18/h3-12,15,20-21H,1,13-14,16H2,2H3,(H,30,34). The van der Waals surface area contributed by atoms with E-state index in [0.29, 0.717) is 44.7 Å². The van der Waals surface area contributed by atoms with E-state index in [0.717, 1.165) is 17.8 Å². The number of rotatable bonds is 10. The second-order valence-electron chi connectivity index (χ2n) is 8.79. The van der Waals surface area contributed by atoms with Crippen LogP contribution in [0.25, 0.3) is 11.1 Å². The number of ether oxygens (including phenoxy) is 1. The Bertz CT molecular complexity index is 1470. The number of allylic oxidation sites excluding steroid dienone is 1. The first-order valence-electron chi connectivity index (χ1n) is 12.0. The second kappa shape index (κ2) is 11.6. The van der Waals surface area contributed by atoms with Crippen LogP contribution in [0.2, 0.25) is 5.02 Å². The van der Waals surface area contributed by atoms with Crippen LogP contribution in [0.3, 0.4) is 0 Å². The lowest BCUT2D eigenvalue weighted by Crippen LogP contribution is -2.16. The zero-order valence-corrected chi connectivity index (χ0v) is 23.0. The maximum absolute atomic E-state index is 12.9. The molecule has 0 bridgehead atoms. The van der Waals surface area contributed by atoms with Gasteiger partial charge in [0.1, 0.15) is 16.4 Å². The molecule has 1 aliphatic rings. The second-order valence-corrected chi connectivity index (χ2v) is 11.0. The number of carbonyl (C=O) groups excluding carboxylic acids is 2. The van der Waals surface area contributed by atoms with E-state index in [1.165, 1.54) is 35.8 Å². The van der Waals surface area contributed by atoms with Gasteiger partial charge in [-0.2, -0.15) is 0 Å². The Balaban J connectivity index is 1.29. The summed E-state index contributed by atoms with van der Waals surface area (Å²) in [7, 11) is 1.32. The highest BCUT2D eigenvalue weighted by molar-refractivity contribution is 7.99. The monoisotopic (exact) mass is 564 g/mol. The molecule has 0 aliphatic heterocycles. The SMILES string of the molecule is C=CCn1c(SCC(=O)Nc2scc(-c3ccc(Cl)cc3)c2C(=O)OC)nnc1C1CC1c1ccccc1. The summed E-state index contributed by atoms with van der Waals surface area (Å²) in [6, 6.07) is 17.6. The fraction of sp³-hybridized carbons (Fsp3) is 0.214. The first-order valence-corrected chi connectivity index (χ1v) is 14.2. The minimum atomic E-state index is -0.521. The molecule has 1 amide bonds. The van der Waals surface area contributed by atoms with Gasteiger partial charge in [0.25, 0.3) is 0 Å². The van der Waals surface area contributed by atoms with E-state index < -0.39 is 5.97 Å². The van der Waals surface area contributed by atoms with Gasteiger partial charge in [-0.05, 0) is 35.6 Å². The molecule has 2 unspecified atom stereocenters. The molecular weight excluding hydrogens is 540 g/mol. The summed E-state index contributed by atoms with van der Waals surface area (Å²) in [5.74, 6) is 0.973. The maximum Gasteiger partial charge on any atom is 0.341 e. The summed E-state index contributed by atoms with van der Waals surface area (Å²) in [6.45, 7) is 4.44. The summed E-state index contributed by atoms with van der Waals surface area (Å²) in [4.78, 5) is 25.5. The van der Waals surface area contributed by atoms with Crippen LogP contribution in [0, 0.1) is 0 Å². The van der Waals surface area contributed by atoms with Crippen molar-refractivity contribution in [3.8, 4) is 11.1 Å². The van der Waals surface area contributed by atoms with Gasteiger partial charge in [-0.25, -0.2) is 4.79 Å². The van der Waals surface area contributed by atoms with E-state index in [2.05, 4.69) is 46.4 Å². The van der Waals surface area contributed by atoms with Gasteiger partial charge in [0, 0.05) is 28.4 Å². The van der Waals surface area contributed by atoms with Crippen LogP contribution in [-0.2, 0) is 16.1 Å². The fourth-order valence-electron chi connectivity index (χ4n) is 4.42. The van der Waals surface area contributed by atoms with Gasteiger partial charge >= 0.3 is 5.97 Å². The normalized spacial score (nSPS) is 16.2. The van der Waals surface area contributed by atoms with Gasteiger partial charge in [-0.3, -0.25) is 4.79 Å². The van der Waals surface area contributed by atoms with Crippen LogP contribution in [-0.4, -0.2) is 39.5 Å². The number of nitrogens with zero attached hydrogens (tertiary/aromatic N) is 3. The average Bonchev–Trinajstić information content (AvgIpc) is 3.47. The van der Waals surface area contributed by atoms with E-state index in [1.54, 1.807) is 12.1 Å². The molecule has 1 saturated carbocycles. The van der Waals surface area contributed by atoms with Crippen molar-refractivity contribution in [2.45, 2.75) is 30.0 Å². The molecule has 1 N–H and O–H groups in total. The molecule has 0 spiro atoms. The Morgan fingerprint density at radius 1 is 1.18 bits per heavy atom. The smallest absolute Gasteiger partial charge is 0.341 e. The van der Waals surface area contributed by atoms with Gasteiger partial charge in [0.15, 0.2) is 5.16 Å². The third-order valence-corrected chi connectivity index (χ3v) is 8.44. The lowest BCUT2D eigenvalue weighted by Gasteiger charge is -2.09. The molecule has 0 saturated heterocycles. The van der Waals surface area contributed by atoms with Crippen molar-refractivity contribution in [2.24, 2.45) is 0 Å². The van der Waals surface area contributed by atoms with Crippen molar-refractivity contribution in [1.29, 1.82) is 0 Å². The lowest BCUT2D eigenvalue weighted by atomic mass is 10.0. The van der Waals surface area contributed by atoms with E-state index >= 15 is 0 Å². The summed E-state index contributed by atoms with van der Waals surface area (Å²) in [5, 5.41) is 15.2. The molecule has 7 nitrogen and oxygen atoms in total. The predicted octanol–water partition coefficient (Wildman–Crippen LogP) is 6.63. The number of hydrogen-bond acceptors (Lipinski definition) is 7. The summed E-state index contributed by atoms with van der Waals surface area (Å²) in [5.41, 5.74) is 3.10. The Hall–Kier alpha value is -3.40. The Kier molecular flexibility index (Phi) is 7.97. The molecule has 2 atom stereocenters. The molecule has 5 rings (SSSR count). The molecular formula is C28H25ClN4O3S2. The maximum atomic E-state index is 12.9. The van der Waals surface area contributed by atoms with Crippen LogP contribution in [0.4, 0.5) is 5.00 Å². The number of halogens is 1. The van der Waals surface area contributed by atoms with Crippen LogP contribution in [0.5, 0.6) is 0 Å². The van der Waals surface area contributed by atoms with Gasteiger partial charge < -0.3 is 14.6 Å². The van der Waals surface area contributed by atoms with Gasteiger partial charge in [-0.15, -0.1) is 28.1 Å². The summed E-state index contributed by atoms with van der Waals surface area (Å²) < 4.78 is 7.03. The van der Waals surface area contributed by atoms with Crippen molar-refractivity contribution >= 4 is 51.6 Å². The van der Waals surface area contributed by atoms with Crippen LogP contribution in [0.15, 0.2) is 77.8 Å². The van der Waals surface area contributed by atoms with Crippen molar-refractivity contribution < 1.29 is 14.3 Å². The third kappa shape index (κ3) is 5.55. The first-order chi connectivity index (χ1) is 18.5. The largest absolute Gasteiger partial charge is 0.465 e. The highest BCUT2D eigenvalue weighted by Gasteiger charge is 2.43. The fourth-order valence-corrected chi connectivity index (χ4v) is 6.27. The zero-order chi connectivity index (χ0) is 26.6. The summed E-state index contributed by atoms with van der Waals surface area (Å²) >= 11 is 8.59. The van der Waals surface area contributed by atoms with Crippen molar-refractivity contribution in [2.75, 3.05) is 18.2 Å². The van der Waals surface area contributed by atoms with Crippen molar-refractivity contribution in [3.63, 3.8) is 0 Å². The molecule has 194 valence electrons. The van der Waals surface area contributed by atoms with E-state index in [9.17, 15) is 9.59 Å². The number of thiophene rings is 1. The number of thioether (sulfide) groups is 1. The minimum Gasteiger partial charge on any atom is -0.465 e. The zero-order valence-electron chi connectivity index (χ0n) is 20.6. The van der Waals surface area contributed by atoms with E-state index in [-0.39, 0.29) is 11.7 Å². The molecule has 10 heteroatoms. The Morgan fingerprint density at radius 3 is 2.66 bits per heavy atom. The van der Waals surface area contributed by atoms with Gasteiger partial charge in [0.2, 0.25) is 5.91 Å². The quantitative estimate of drug-likeness (QED) is 0.132. The Labute approximate surface area is 233 Å². The molecule has 2 heterocycles. The van der Waals surface area contributed by atoms with Gasteiger partial charge in [-0.1, -0.05) is 71.9 Å². The number of carbonyl (C=O) groups is 2. The molecule has 4 aromatic rings. The molecule has 2 aromatic carbocycles. The number of amides is 1. The van der Waals surface area contributed by atoms with Crippen molar-refractivity contribution in [3.05, 3.63) is 94.6 Å². The number of aromatic nitrogens is 3. The highest BCUT2D eigenvalue weighted by Crippen LogP contribution is 2.54. The lowest BCUT2D eigenvalue weighted by molar-refractivity contribution is -0.113. The minimum absolute atomic E-state index is 0.108. The molecule has 0 radical (unpaired) electrons. The number of hydrogen-bond donors (Lipinski definition) is 1. The number of anilines is 1. The molecule has 2 aromatic heterocycles. The van der Waals surface area contributed by atoms with Gasteiger partial charge in [0.05, 0.1) is 12.9 Å². The molecule has 1 aliphatic carbocycles. The number of nitrogens with one attached hydrogen (secondary N) is 1. The number of methoxy groups -OCH3 is 1. The van der Waals surface area contributed by atoms with Crippen LogP contribution < -0.4 is 5.32 Å².